The van der Waals surface area contributed by atoms with Gasteiger partial charge in [0.2, 0.25) is 0 Å². The third-order valence-corrected chi connectivity index (χ3v) is 3.21. The van der Waals surface area contributed by atoms with E-state index in [0.717, 1.165) is 4.68 Å². The quantitative estimate of drug-likeness (QED) is 0.709. The molecule has 0 aromatic carbocycles. The van der Waals surface area contributed by atoms with Gasteiger partial charge in [-0.2, -0.15) is 27.1 Å². The van der Waals surface area contributed by atoms with Gasteiger partial charge in [-0.1, -0.05) is 6.92 Å². The van der Waals surface area contributed by atoms with Gasteiger partial charge in [0.15, 0.2) is 5.69 Å². The van der Waals surface area contributed by atoms with E-state index in [0.29, 0.717) is 0 Å². The molecule has 1 atom stereocenters. The van der Waals surface area contributed by atoms with Crippen LogP contribution in [0.4, 0.5) is 22.0 Å². The van der Waals surface area contributed by atoms with E-state index in [9.17, 15) is 22.0 Å². The summed E-state index contributed by atoms with van der Waals surface area (Å²) in [6.45, 7) is 4.32. The highest BCUT2D eigenvalue weighted by atomic mass is 19.4. The number of nitrogens with zero attached hydrogens (tertiary/aromatic N) is 2. The van der Waals surface area contributed by atoms with Crippen molar-refractivity contribution in [3.8, 4) is 0 Å². The Morgan fingerprint density at radius 3 is 2.33 bits per heavy atom. The predicted molar refractivity (Wildman–Crippen MR) is 54.4 cm³/mol. The Morgan fingerprint density at radius 1 is 1.33 bits per heavy atom. The van der Waals surface area contributed by atoms with Crippen LogP contribution in [0.25, 0.3) is 0 Å². The molecule has 0 radical (unpaired) electrons. The fraction of sp³-hybridized carbons (Fsp3) is 0.727. The van der Waals surface area contributed by atoms with Crippen LogP contribution >= 0.6 is 0 Å². The Morgan fingerprint density at radius 2 is 1.89 bits per heavy atom. The van der Waals surface area contributed by atoms with Gasteiger partial charge in [-0.25, -0.2) is 0 Å². The molecule has 1 aliphatic rings. The van der Waals surface area contributed by atoms with Crippen molar-refractivity contribution < 1.29 is 22.0 Å². The van der Waals surface area contributed by atoms with Gasteiger partial charge < -0.3 is 0 Å². The van der Waals surface area contributed by atoms with Crippen LogP contribution in [0.3, 0.4) is 0 Å². The lowest BCUT2D eigenvalue weighted by atomic mass is 10.1. The second-order valence-corrected chi connectivity index (χ2v) is 4.94. The summed E-state index contributed by atoms with van der Waals surface area (Å²) >= 11 is 0. The van der Waals surface area contributed by atoms with E-state index in [1.165, 1.54) is 20.8 Å². The second kappa shape index (κ2) is 3.68. The molecule has 18 heavy (non-hydrogen) atoms. The van der Waals surface area contributed by atoms with E-state index in [1.54, 1.807) is 0 Å². The number of fused-ring (bicyclic) bond motifs is 1. The van der Waals surface area contributed by atoms with Crippen LogP contribution < -0.4 is 0 Å². The lowest BCUT2D eigenvalue weighted by molar-refractivity contribution is -0.142. The Hall–Kier alpha value is -1.14. The van der Waals surface area contributed by atoms with E-state index in [1.807, 2.05) is 0 Å². The summed E-state index contributed by atoms with van der Waals surface area (Å²) in [5.74, 6) is -4.38. The van der Waals surface area contributed by atoms with Gasteiger partial charge in [0.1, 0.15) is 5.69 Å². The summed E-state index contributed by atoms with van der Waals surface area (Å²) in [4.78, 5) is 0. The van der Waals surface area contributed by atoms with Crippen LogP contribution in [0, 0.1) is 5.92 Å². The van der Waals surface area contributed by atoms with Crippen LogP contribution in [0.2, 0.25) is 0 Å². The molecule has 1 aromatic heterocycles. The standard InChI is InChI=1S/C11H13F5N2/c1-5(2)18-9-7(4-6(3)10(9,12)13)8(17-18)11(14,15)16/h5-6H,4H2,1-3H3. The van der Waals surface area contributed by atoms with Crippen LogP contribution in [-0.4, -0.2) is 9.78 Å². The molecule has 0 amide bonds. The first-order chi connectivity index (χ1) is 8.06. The maximum Gasteiger partial charge on any atom is 0.435 e. The number of rotatable bonds is 1. The van der Waals surface area contributed by atoms with E-state index >= 15 is 0 Å². The van der Waals surface area contributed by atoms with E-state index in [-0.39, 0.29) is 12.0 Å². The second-order valence-electron chi connectivity index (χ2n) is 4.94. The largest absolute Gasteiger partial charge is 0.435 e. The van der Waals surface area contributed by atoms with Crippen LogP contribution in [-0.2, 0) is 18.5 Å². The van der Waals surface area contributed by atoms with Crippen LogP contribution in [0.15, 0.2) is 0 Å². The molecule has 7 heteroatoms. The van der Waals surface area contributed by atoms with Gasteiger partial charge in [-0.3, -0.25) is 4.68 Å². The Kier molecular flexibility index (Phi) is 2.72. The van der Waals surface area contributed by atoms with Crippen molar-refractivity contribution in [1.29, 1.82) is 0 Å². The molecule has 2 rings (SSSR count). The van der Waals surface area contributed by atoms with Gasteiger partial charge in [0.05, 0.1) is 0 Å². The van der Waals surface area contributed by atoms with Crippen LogP contribution in [0.1, 0.15) is 43.8 Å². The molecule has 0 N–H and O–H groups in total. The summed E-state index contributed by atoms with van der Waals surface area (Å²) in [7, 11) is 0. The highest BCUT2D eigenvalue weighted by Gasteiger charge is 2.54. The van der Waals surface area contributed by atoms with E-state index in [4.69, 9.17) is 0 Å². The molecule has 1 aromatic rings. The molecular formula is C11H13F5N2. The number of aromatic nitrogens is 2. The van der Waals surface area contributed by atoms with Crippen molar-refractivity contribution in [2.45, 2.75) is 45.3 Å². The molecule has 0 saturated heterocycles. The molecule has 2 nitrogen and oxygen atoms in total. The smallest absolute Gasteiger partial charge is 0.260 e. The first kappa shape index (κ1) is 13.3. The Bertz CT molecular complexity index is 473. The summed E-state index contributed by atoms with van der Waals surface area (Å²) in [5.41, 5.74) is -2.10. The summed E-state index contributed by atoms with van der Waals surface area (Å²) < 4.78 is 67.0. The highest BCUT2D eigenvalue weighted by molar-refractivity contribution is 5.37. The minimum Gasteiger partial charge on any atom is -0.260 e. The summed E-state index contributed by atoms with van der Waals surface area (Å²) in [5, 5.41) is 3.34. The van der Waals surface area contributed by atoms with Gasteiger partial charge in [0.25, 0.3) is 5.92 Å². The zero-order chi connectivity index (χ0) is 13.9. The molecule has 0 saturated carbocycles. The molecule has 0 spiro atoms. The molecular weight excluding hydrogens is 255 g/mol. The average molecular weight is 268 g/mol. The lowest BCUT2D eigenvalue weighted by Gasteiger charge is -2.19. The SMILES string of the molecule is CC(C)n1nc(C(F)(F)F)c2c1C(F)(F)C(C)C2. The number of hydrogen-bond donors (Lipinski definition) is 0. The van der Waals surface area contributed by atoms with Gasteiger partial charge in [0, 0.05) is 17.5 Å². The molecule has 1 heterocycles. The molecule has 0 fully saturated rings. The van der Waals surface area contributed by atoms with Crippen molar-refractivity contribution in [3.63, 3.8) is 0 Å². The fourth-order valence-corrected chi connectivity index (χ4v) is 2.28. The predicted octanol–water partition coefficient (Wildman–Crippen LogP) is 3.77. The number of hydrogen-bond acceptors (Lipinski definition) is 1. The minimum absolute atomic E-state index is 0.288. The molecule has 1 unspecified atom stereocenters. The van der Waals surface area contributed by atoms with E-state index < -0.39 is 35.4 Å². The van der Waals surface area contributed by atoms with Crippen molar-refractivity contribution >= 4 is 0 Å². The Labute approximate surface area is 101 Å². The topological polar surface area (TPSA) is 17.8 Å². The first-order valence-electron chi connectivity index (χ1n) is 5.63. The lowest BCUT2D eigenvalue weighted by Crippen LogP contribution is -2.24. The third kappa shape index (κ3) is 1.71. The zero-order valence-electron chi connectivity index (χ0n) is 10.1. The first-order valence-corrected chi connectivity index (χ1v) is 5.63. The van der Waals surface area contributed by atoms with Crippen molar-refractivity contribution in [3.05, 3.63) is 17.0 Å². The zero-order valence-corrected chi connectivity index (χ0v) is 10.1. The van der Waals surface area contributed by atoms with Gasteiger partial charge in [-0.05, 0) is 20.3 Å². The fourth-order valence-electron chi connectivity index (χ4n) is 2.28. The maximum absolute atomic E-state index is 13.9. The van der Waals surface area contributed by atoms with Gasteiger partial charge in [-0.15, -0.1) is 0 Å². The van der Waals surface area contributed by atoms with Crippen molar-refractivity contribution in [2.75, 3.05) is 0 Å². The molecule has 1 aliphatic carbocycles. The van der Waals surface area contributed by atoms with Crippen molar-refractivity contribution in [2.24, 2.45) is 5.92 Å². The van der Waals surface area contributed by atoms with Crippen molar-refractivity contribution in [1.82, 2.24) is 9.78 Å². The van der Waals surface area contributed by atoms with Gasteiger partial charge >= 0.3 is 6.18 Å². The highest BCUT2D eigenvalue weighted by Crippen LogP contribution is 2.50. The Balaban J connectivity index is 2.69. The summed E-state index contributed by atoms with van der Waals surface area (Å²) in [6, 6.07) is -0.536. The monoisotopic (exact) mass is 268 g/mol. The minimum atomic E-state index is -4.69. The molecule has 0 aliphatic heterocycles. The maximum atomic E-state index is 13.9. The number of halogens is 5. The number of alkyl halides is 5. The summed E-state index contributed by atoms with van der Waals surface area (Å²) in [6.07, 6.45) is -4.98. The van der Waals surface area contributed by atoms with E-state index in [2.05, 4.69) is 5.10 Å². The molecule has 102 valence electrons. The third-order valence-electron chi connectivity index (χ3n) is 3.21. The van der Waals surface area contributed by atoms with Crippen LogP contribution in [0.5, 0.6) is 0 Å². The average Bonchev–Trinajstić information content (AvgIpc) is 2.65. The normalized spacial score (nSPS) is 22.6. The molecule has 0 bridgehead atoms.